The number of rotatable bonds is 7. The third kappa shape index (κ3) is 6.32. The molecule has 0 aromatic heterocycles. The van der Waals surface area contributed by atoms with Gasteiger partial charge in [-0.15, -0.1) is 15.3 Å². The molecule has 0 unspecified atom stereocenters. The summed E-state index contributed by atoms with van der Waals surface area (Å²) in [5.74, 6) is -3.31. The molecule has 4 rings (SSSR count). The van der Waals surface area contributed by atoms with Crippen LogP contribution in [0.2, 0.25) is 0 Å². The predicted octanol–water partition coefficient (Wildman–Crippen LogP) is 7.11. The van der Waals surface area contributed by atoms with Crippen molar-refractivity contribution in [2.24, 2.45) is 20.5 Å². The van der Waals surface area contributed by atoms with Crippen LogP contribution in [0.15, 0.2) is 87.7 Å². The highest BCUT2D eigenvalue weighted by Gasteiger charge is 2.29. The van der Waals surface area contributed by atoms with Gasteiger partial charge >= 0.3 is 5.97 Å². The number of benzene rings is 4. The summed E-state index contributed by atoms with van der Waals surface area (Å²) in [4.78, 5) is 9.03. The molecule has 42 heavy (non-hydrogen) atoms. The van der Waals surface area contributed by atoms with Crippen LogP contribution >= 0.6 is 31.9 Å². The number of phenols is 2. The van der Waals surface area contributed by atoms with Gasteiger partial charge < -0.3 is 15.3 Å². The molecule has 0 saturated carbocycles. The van der Waals surface area contributed by atoms with Crippen LogP contribution in [-0.2, 0) is 20.2 Å². The van der Waals surface area contributed by atoms with E-state index in [1.807, 2.05) is 0 Å². The number of hydrogen-bond donors (Lipinski definition) is 5. The van der Waals surface area contributed by atoms with Crippen LogP contribution < -0.4 is 0 Å². The van der Waals surface area contributed by atoms with E-state index in [-0.39, 0.29) is 16.9 Å². The SMILES string of the molecule is Cc1cc(Br)c(N=Nc2c(S(=O)(=O)O)cc3cc(S(=O)(=O)O)c(N=Nc4ccc(C(=O)O)cc4)c(O)c3c2O)c(Br)c1. The molecule has 218 valence electrons. The molecule has 4 aromatic carbocycles. The highest BCUT2D eigenvalue weighted by Crippen LogP contribution is 2.50. The number of aryl methyl sites for hydroxylation is 1. The molecule has 14 nitrogen and oxygen atoms in total. The monoisotopic (exact) mass is 742 g/mol. The van der Waals surface area contributed by atoms with E-state index < -0.39 is 69.6 Å². The minimum atomic E-state index is -5.14. The molecule has 0 fully saturated rings. The van der Waals surface area contributed by atoms with Crippen molar-refractivity contribution in [2.45, 2.75) is 16.7 Å². The number of carboxylic acid groups (broad SMARTS) is 1. The van der Waals surface area contributed by atoms with Crippen molar-refractivity contribution in [1.82, 2.24) is 0 Å². The van der Waals surface area contributed by atoms with Gasteiger partial charge in [0.1, 0.15) is 26.9 Å². The van der Waals surface area contributed by atoms with Crippen LogP contribution in [0.5, 0.6) is 11.5 Å². The number of azo groups is 2. The minimum Gasteiger partial charge on any atom is -0.505 e. The van der Waals surface area contributed by atoms with Gasteiger partial charge in [0.25, 0.3) is 20.2 Å². The minimum absolute atomic E-state index is 0.0236. The second-order valence-corrected chi connectivity index (χ2v) is 13.0. The van der Waals surface area contributed by atoms with E-state index in [1.54, 1.807) is 19.1 Å². The lowest BCUT2D eigenvalue weighted by Gasteiger charge is -2.13. The molecule has 0 spiro atoms. The van der Waals surface area contributed by atoms with Gasteiger partial charge in [0.05, 0.1) is 16.6 Å². The summed E-state index contributed by atoms with van der Waals surface area (Å²) in [6.45, 7) is 1.80. The lowest BCUT2D eigenvalue weighted by molar-refractivity contribution is 0.0697. The fourth-order valence-electron chi connectivity index (χ4n) is 3.71. The molecule has 0 bridgehead atoms. The van der Waals surface area contributed by atoms with Gasteiger partial charge in [0.2, 0.25) is 0 Å². The van der Waals surface area contributed by atoms with Crippen LogP contribution in [0.4, 0.5) is 22.7 Å². The van der Waals surface area contributed by atoms with E-state index in [9.17, 15) is 40.9 Å². The topological polar surface area (TPSA) is 236 Å². The average Bonchev–Trinajstić information content (AvgIpc) is 2.87. The fourth-order valence-corrected chi connectivity index (χ4v) is 6.60. The third-order valence-corrected chi connectivity index (χ3v) is 8.54. The summed E-state index contributed by atoms with van der Waals surface area (Å²) < 4.78 is 69.3. The second-order valence-electron chi connectivity index (χ2n) is 8.52. The standard InChI is InChI=1S/C24H16Br2N4O10S2/c1-10-6-14(25)19(15(26)7-10)28-30-21-17(42(38,39)40)9-12-8-16(41(35,36)37)20(22(31)18(12)23(21)32)29-27-13-4-2-11(3-5-13)24(33)34/h2-9,31-32H,1H3,(H,33,34)(H,35,36,37)(H,38,39,40). The molecule has 0 amide bonds. The number of fused-ring (bicyclic) bond motifs is 1. The fraction of sp³-hybridized carbons (Fsp3) is 0.0417. The maximum atomic E-state index is 12.2. The Kier molecular flexibility index (Phi) is 8.50. The summed E-state index contributed by atoms with van der Waals surface area (Å²) in [7, 11) is -10.3. The predicted molar refractivity (Wildman–Crippen MR) is 155 cm³/mol. The van der Waals surface area contributed by atoms with Gasteiger partial charge in [-0.2, -0.15) is 21.9 Å². The molecule has 0 saturated heterocycles. The zero-order valence-corrected chi connectivity index (χ0v) is 25.6. The van der Waals surface area contributed by atoms with E-state index in [2.05, 4.69) is 52.3 Å². The Morgan fingerprint density at radius 3 is 1.57 bits per heavy atom. The Labute approximate surface area is 253 Å². The number of phenolic OH excluding ortho intramolecular Hbond substituents is 2. The van der Waals surface area contributed by atoms with Gasteiger partial charge in [-0.3, -0.25) is 9.11 Å². The van der Waals surface area contributed by atoms with Crippen LogP contribution in [0.1, 0.15) is 15.9 Å². The number of aromatic carboxylic acids is 1. The van der Waals surface area contributed by atoms with Crippen molar-refractivity contribution in [3.63, 3.8) is 0 Å². The Balaban J connectivity index is 2.00. The average molecular weight is 744 g/mol. The molecular formula is C24H16Br2N4O10S2. The number of aromatic hydroxyl groups is 2. The highest BCUT2D eigenvalue weighted by atomic mass is 79.9. The van der Waals surface area contributed by atoms with Crippen molar-refractivity contribution in [1.29, 1.82) is 0 Å². The van der Waals surface area contributed by atoms with Crippen LogP contribution in [0.3, 0.4) is 0 Å². The first-order valence-corrected chi connectivity index (χ1v) is 15.6. The molecule has 0 atom stereocenters. The zero-order valence-electron chi connectivity index (χ0n) is 20.8. The molecule has 0 aliphatic heterocycles. The number of carboxylic acids is 1. The van der Waals surface area contributed by atoms with Gasteiger partial charge in [0.15, 0.2) is 11.5 Å². The molecule has 0 radical (unpaired) electrons. The molecule has 5 N–H and O–H groups in total. The number of carbonyl (C=O) groups is 1. The first kappa shape index (κ1) is 31.1. The zero-order chi connectivity index (χ0) is 31.1. The maximum absolute atomic E-state index is 12.2. The molecule has 0 heterocycles. The molecule has 0 aliphatic carbocycles. The number of hydrogen-bond acceptors (Lipinski definition) is 11. The lowest BCUT2D eigenvalue weighted by atomic mass is 10.1. The maximum Gasteiger partial charge on any atom is 0.335 e. The van der Waals surface area contributed by atoms with E-state index in [1.165, 1.54) is 24.3 Å². The lowest BCUT2D eigenvalue weighted by Crippen LogP contribution is -2.01. The van der Waals surface area contributed by atoms with Crippen molar-refractivity contribution in [3.8, 4) is 11.5 Å². The third-order valence-electron chi connectivity index (χ3n) is 5.60. The van der Waals surface area contributed by atoms with Crippen LogP contribution in [0.25, 0.3) is 10.8 Å². The number of nitrogens with zero attached hydrogens (tertiary/aromatic N) is 4. The molecule has 0 aliphatic rings. The molecule has 4 aromatic rings. The van der Waals surface area contributed by atoms with E-state index in [0.717, 1.165) is 5.56 Å². The first-order valence-electron chi connectivity index (χ1n) is 11.1. The molecular weight excluding hydrogens is 728 g/mol. The van der Waals surface area contributed by atoms with E-state index in [4.69, 9.17) is 5.11 Å². The van der Waals surface area contributed by atoms with Gasteiger partial charge in [-0.1, -0.05) is 0 Å². The highest BCUT2D eigenvalue weighted by molar-refractivity contribution is 9.11. The Bertz CT molecular complexity index is 2040. The van der Waals surface area contributed by atoms with Crippen LogP contribution in [0, 0.1) is 6.92 Å². The largest absolute Gasteiger partial charge is 0.505 e. The Morgan fingerprint density at radius 2 is 1.14 bits per heavy atom. The first-order chi connectivity index (χ1) is 19.5. The van der Waals surface area contributed by atoms with Crippen LogP contribution in [-0.4, -0.2) is 47.2 Å². The summed E-state index contributed by atoms with van der Waals surface area (Å²) in [6, 6.07) is 9.58. The molecule has 18 heteroatoms. The number of halogens is 2. The second kappa shape index (κ2) is 11.5. The summed E-state index contributed by atoms with van der Waals surface area (Å²) >= 11 is 6.59. The van der Waals surface area contributed by atoms with Crippen molar-refractivity contribution >= 4 is 91.6 Å². The van der Waals surface area contributed by atoms with Gasteiger partial charge in [-0.25, -0.2) is 4.79 Å². The van der Waals surface area contributed by atoms with Crippen molar-refractivity contribution in [2.75, 3.05) is 0 Å². The summed E-state index contributed by atoms with van der Waals surface area (Å²) in [5.41, 5.74) is -0.710. The van der Waals surface area contributed by atoms with E-state index in [0.29, 0.717) is 21.1 Å². The van der Waals surface area contributed by atoms with Crippen molar-refractivity contribution in [3.05, 3.63) is 68.6 Å². The summed E-state index contributed by atoms with van der Waals surface area (Å²) in [6.07, 6.45) is 0. The van der Waals surface area contributed by atoms with Crippen molar-refractivity contribution < 1.29 is 46.1 Å². The smallest absolute Gasteiger partial charge is 0.335 e. The van der Waals surface area contributed by atoms with Gasteiger partial charge in [0, 0.05) is 8.95 Å². The summed E-state index contributed by atoms with van der Waals surface area (Å²) in [5, 5.41) is 45.3. The normalized spacial score (nSPS) is 12.5. The van der Waals surface area contributed by atoms with Gasteiger partial charge in [-0.05, 0) is 98.3 Å². The quantitative estimate of drug-likeness (QED) is 0.0950. The Morgan fingerprint density at radius 1 is 0.714 bits per heavy atom. The van der Waals surface area contributed by atoms with E-state index >= 15 is 0 Å². The Hall–Kier alpha value is -3.81.